The fraction of sp³-hybridized carbons (Fsp3) is 0.467. The minimum Gasteiger partial charge on any atom is -0.339 e. The Balaban J connectivity index is 2.28. The molecule has 0 aliphatic carbocycles. The fourth-order valence-corrected chi connectivity index (χ4v) is 2.98. The highest BCUT2D eigenvalue weighted by Crippen LogP contribution is 2.28. The average molecular weight is 338 g/mol. The number of aryl methyl sites for hydroxylation is 1. The van der Waals surface area contributed by atoms with Gasteiger partial charge >= 0.3 is 0 Å². The number of hydrogen-bond acceptors (Lipinski definition) is 4. The second kappa shape index (κ2) is 6.50. The second-order valence-corrected chi connectivity index (χ2v) is 5.89. The molecule has 1 aromatic carbocycles. The number of halogens is 1. The molecule has 2 rings (SSSR count). The molecule has 0 bridgehead atoms. The molecule has 0 saturated carbocycles. The van der Waals surface area contributed by atoms with Crippen molar-refractivity contribution in [3.63, 3.8) is 0 Å². The third-order valence-electron chi connectivity index (χ3n) is 3.61. The van der Waals surface area contributed by atoms with Crippen LogP contribution in [-0.2, 0) is 0 Å². The molecule has 2 unspecified atom stereocenters. The van der Waals surface area contributed by atoms with Crippen LogP contribution in [0.25, 0.3) is 11.4 Å². The number of aromatic nitrogens is 2. The van der Waals surface area contributed by atoms with Gasteiger partial charge in [-0.1, -0.05) is 41.0 Å². The van der Waals surface area contributed by atoms with Gasteiger partial charge in [0, 0.05) is 16.1 Å². The molecule has 1 aromatic heterocycles. The van der Waals surface area contributed by atoms with E-state index >= 15 is 0 Å². The van der Waals surface area contributed by atoms with Crippen LogP contribution in [0.1, 0.15) is 37.6 Å². The number of rotatable bonds is 5. The van der Waals surface area contributed by atoms with Crippen molar-refractivity contribution in [1.82, 2.24) is 15.5 Å². The van der Waals surface area contributed by atoms with Crippen molar-refractivity contribution < 1.29 is 4.52 Å². The Morgan fingerprint density at radius 2 is 2.15 bits per heavy atom. The van der Waals surface area contributed by atoms with Gasteiger partial charge in [0.05, 0.1) is 5.92 Å². The van der Waals surface area contributed by atoms with Gasteiger partial charge < -0.3 is 9.84 Å². The van der Waals surface area contributed by atoms with Crippen LogP contribution in [-0.4, -0.2) is 23.2 Å². The monoisotopic (exact) mass is 337 g/mol. The van der Waals surface area contributed by atoms with Crippen molar-refractivity contribution in [3.05, 3.63) is 34.1 Å². The van der Waals surface area contributed by atoms with Crippen molar-refractivity contribution >= 4 is 15.9 Å². The summed E-state index contributed by atoms with van der Waals surface area (Å²) in [5, 5.41) is 7.39. The molecule has 0 fully saturated rings. The molecule has 5 heteroatoms. The third-order valence-corrected chi connectivity index (χ3v) is 4.27. The van der Waals surface area contributed by atoms with Crippen LogP contribution in [0.5, 0.6) is 0 Å². The SMILES string of the molecule is CCC(NC)C(C)c1nc(-c2ccc(C)cc2Br)no1. The summed E-state index contributed by atoms with van der Waals surface area (Å²) in [5.74, 6) is 1.49. The lowest BCUT2D eigenvalue weighted by atomic mass is 10.00. The average Bonchev–Trinajstić information content (AvgIpc) is 2.89. The molecule has 20 heavy (non-hydrogen) atoms. The molecule has 1 heterocycles. The lowest BCUT2D eigenvalue weighted by Gasteiger charge is -2.18. The Hall–Kier alpha value is -1.20. The number of nitrogens with zero attached hydrogens (tertiary/aromatic N) is 2. The van der Waals surface area contributed by atoms with Crippen molar-refractivity contribution in [2.24, 2.45) is 0 Å². The van der Waals surface area contributed by atoms with E-state index in [2.05, 4.69) is 58.2 Å². The summed E-state index contributed by atoms with van der Waals surface area (Å²) in [6, 6.07) is 6.44. The fourth-order valence-electron chi connectivity index (χ4n) is 2.31. The maximum Gasteiger partial charge on any atom is 0.231 e. The van der Waals surface area contributed by atoms with Crippen molar-refractivity contribution in [1.29, 1.82) is 0 Å². The molecule has 0 saturated heterocycles. The van der Waals surface area contributed by atoms with Gasteiger partial charge in [-0.2, -0.15) is 4.98 Å². The molecular weight excluding hydrogens is 318 g/mol. The first-order valence-corrected chi connectivity index (χ1v) is 7.63. The molecule has 0 spiro atoms. The highest BCUT2D eigenvalue weighted by atomic mass is 79.9. The van der Waals surface area contributed by atoms with E-state index in [1.165, 1.54) is 5.56 Å². The Labute approximate surface area is 128 Å². The summed E-state index contributed by atoms with van der Waals surface area (Å²) in [5.41, 5.74) is 2.15. The van der Waals surface area contributed by atoms with E-state index in [4.69, 9.17) is 4.52 Å². The van der Waals surface area contributed by atoms with E-state index in [1.807, 2.05) is 19.2 Å². The maximum atomic E-state index is 5.43. The second-order valence-electron chi connectivity index (χ2n) is 5.03. The summed E-state index contributed by atoms with van der Waals surface area (Å²) in [7, 11) is 1.96. The molecule has 2 aromatic rings. The van der Waals surface area contributed by atoms with Gasteiger partial charge in [0.15, 0.2) is 0 Å². The first-order chi connectivity index (χ1) is 9.56. The smallest absolute Gasteiger partial charge is 0.231 e. The lowest BCUT2D eigenvalue weighted by molar-refractivity contribution is 0.326. The Morgan fingerprint density at radius 1 is 1.40 bits per heavy atom. The topological polar surface area (TPSA) is 51.0 Å². The standard InChI is InChI=1S/C15H20BrN3O/c1-5-13(17-4)10(3)15-18-14(19-20-15)11-7-6-9(2)8-12(11)16/h6-8,10,13,17H,5H2,1-4H3. The minimum absolute atomic E-state index is 0.190. The molecule has 0 aliphatic rings. The molecule has 2 atom stereocenters. The van der Waals surface area contributed by atoms with Crippen LogP contribution < -0.4 is 5.32 Å². The summed E-state index contributed by atoms with van der Waals surface area (Å²) < 4.78 is 6.41. The van der Waals surface area contributed by atoms with Gasteiger partial charge in [0.2, 0.25) is 11.7 Å². The van der Waals surface area contributed by atoms with E-state index in [0.717, 1.165) is 16.5 Å². The zero-order valence-electron chi connectivity index (χ0n) is 12.3. The molecular formula is C15H20BrN3O. The van der Waals surface area contributed by atoms with Crippen LogP contribution >= 0.6 is 15.9 Å². The summed E-state index contributed by atoms with van der Waals surface area (Å²) >= 11 is 3.55. The van der Waals surface area contributed by atoms with E-state index in [-0.39, 0.29) is 5.92 Å². The molecule has 0 amide bonds. The van der Waals surface area contributed by atoms with Gasteiger partial charge in [0.25, 0.3) is 0 Å². The maximum absolute atomic E-state index is 5.43. The van der Waals surface area contributed by atoms with Gasteiger partial charge in [-0.3, -0.25) is 0 Å². The van der Waals surface area contributed by atoms with E-state index in [1.54, 1.807) is 0 Å². The molecule has 1 N–H and O–H groups in total. The first kappa shape index (κ1) is 15.2. The Kier molecular flexibility index (Phi) is 4.94. The van der Waals surface area contributed by atoms with Gasteiger partial charge in [-0.15, -0.1) is 0 Å². The highest BCUT2D eigenvalue weighted by molar-refractivity contribution is 9.10. The van der Waals surface area contributed by atoms with Crippen molar-refractivity contribution in [3.8, 4) is 11.4 Å². The first-order valence-electron chi connectivity index (χ1n) is 6.84. The van der Waals surface area contributed by atoms with Gasteiger partial charge in [0.1, 0.15) is 0 Å². The molecule has 108 valence electrons. The third kappa shape index (κ3) is 3.10. The predicted molar refractivity (Wildman–Crippen MR) is 83.7 cm³/mol. The van der Waals surface area contributed by atoms with Gasteiger partial charge in [-0.05, 0) is 38.1 Å². The Bertz CT molecular complexity index is 578. The summed E-state index contributed by atoms with van der Waals surface area (Å²) in [6.07, 6.45) is 1.02. The number of likely N-dealkylation sites (N-methyl/N-ethyl adjacent to an activating group) is 1. The largest absolute Gasteiger partial charge is 0.339 e. The van der Waals surface area contributed by atoms with Crippen LogP contribution in [0, 0.1) is 6.92 Å². The number of benzene rings is 1. The lowest BCUT2D eigenvalue weighted by Crippen LogP contribution is -2.30. The van der Waals surface area contributed by atoms with E-state index in [9.17, 15) is 0 Å². The van der Waals surface area contributed by atoms with E-state index in [0.29, 0.717) is 17.8 Å². The van der Waals surface area contributed by atoms with Crippen LogP contribution in [0.15, 0.2) is 27.2 Å². The highest BCUT2D eigenvalue weighted by Gasteiger charge is 2.22. The van der Waals surface area contributed by atoms with Crippen LogP contribution in [0.2, 0.25) is 0 Å². The quantitative estimate of drug-likeness (QED) is 0.898. The van der Waals surface area contributed by atoms with Crippen LogP contribution in [0.4, 0.5) is 0 Å². The summed E-state index contributed by atoms with van der Waals surface area (Å²) in [4.78, 5) is 4.54. The number of hydrogen-bond donors (Lipinski definition) is 1. The molecule has 0 radical (unpaired) electrons. The molecule has 4 nitrogen and oxygen atoms in total. The number of nitrogens with one attached hydrogen (secondary N) is 1. The predicted octanol–water partition coefficient (Wildman–Crippen LogP) is 3.91. The Morgan fingerprint density at radius 3 is 2.75 bits per heavy atom. The van der Waals surface area contributed by atoms with E-state index < -0.39 is 0 Å². The normalized spacial score (nSPS) is 14.2. The zero-order valence-corrected chi connectivity index (χ0v) is 13.9. The van der Waals surface area contributed by atoms with Crippen LogP contribution in [0.3, 0.4) is 0 Å². The van der Waals surface area contributed by atoms with Crippen molar-refractivity contribution in [2.75, 3.05) is 7.05 Å². The zero-order chi connectivity index (χ0) is 14.7. The van der Waals surface area contributed by atoms with Gasteiger partial charge in [-0.25, -0.2) is 0 Å². The summed E-state index contributed by atoms with van der Waals surface area (Å²) in [6.45, 7) is 6.30. The molecule has 0 aliphatic heterocycles. The minimum atomic E-state index is 0.190. The van der Waals surface area contributed by atoms with Crippen molar-refractivity contribution in [2.45, 2.75) is 39.2 Å².